The number of hydrogen-bond donors (Lipinski definition) is 1. The van der Waals surface area contributed by atoms with E-state index in [4.69, 9.17) is 0 Å². The van der Waals surface area contributed by atoms with E-state index < -0.39 is 18.1 Å². The largest absolute Gasteiger partial charge is 0.573 e. The Morgan fingerprint density at radius 2 is 2.06 bits per heavy atom. The van der Waals surface area contributed by atoms with Crippen LogP contribution < -0.4 is 4.74 Å². The summed E-state index contributed by atoms with van der Waals surface area (Å²) >= 11 is 3.98. The van der Waals surface area contributed by atoms with Crippen molar-refractivity contribution in [3.63, 3.8) is 0 Å². The first-order valence-corrected chi connectivity index (χ1v) is 4.91. The third kappa shape index (κ3) is 4.18. The zero-order valence-corrected chi connectivity index (χ0v) is 9.64. The highest BCUT2D eigenvalue weighted by Crippen LogP contribution is 2.30. The fourth-order valence-electron chi connectivity index (χ4n) is 1.17. The predicted molar refractivity (Wildman–Crippen MR) is 56.1 cm³/mol. The van der Waals surface area contributed by atoms with Gasteiger partial charge in [-0.05, 0) is 12.1 Å². The van der Waals surface area contributed by atoms with Crippen molar-refractivity contribution in [1.82, 2.24) is 0 Å². The molecule has 0 spiro atoms. The third-order valence-corrected chi connectivity index (χ3v) is 2.30. The molecule has 0 saturated carbocycles. The average molecular weight is 266 g/mol. The number of alkyl halides is 3. The maximum atomic E-state index is 12.1. The zero-order chi connectivity index (χ0) is 13.1. The third-order valence-electron chi connectivity index (χ3n) is 1.88. The second kappa shape index (κ2) is 5.31. The van der Waals surface area contributed by atoms with Crippen molar-refractivity contribution in [1.29, 1.82) is 0 Å². The summed E-state index contributed by atoms with van der Waals surface area (Å²) < 4.78 is 44.5. The Labute approximate surface area is 101 Å². The SMILES string of the molecule is COC(=O)Cc1c(S)cccc1OC(F)(F)F. The number of thiol groups is 1. The van der Waals surface area contributed by atoms with Gasteiger partial charge in [-0.1, -0.05) is 6.07 Å². The Hall–Kier alpha value is -1.37. The monoisotopic (exact) mass is 266 g/mol. The number of halogens is 3. The number of rotatable bonds is 3. The summed E-state index contributed by atoms with van der Waals surface area (Å²) in [6.45, 7) is 0. The summed E-state index contributed by atoms with van der Waals surface area (Å²) in [6, 6.07) is 3.93. The lowest BCUT2D eigenvalue weighted by Crippen LogP contribution is -2.19. The van der Waals surface area contributed by atoms with Crippen LogP contribution in [0.5, 0.6) is 5.75 Å². The average Bonchev–Trinajstić information content (AvgIpc) is 2.20. The van der Waals surface area contributed by atoms with Gasteiger partial charge in [-0.3, -0.25) is 4.79 Å². The van der Waals surface area contributed by atoms with Crippen molar-refractivity contribution >= 4 is 18.6 Å². The van der Waals surface area contributed by atoms with E-state index in [-0.39, 0.29) is 16.9 Å². The molecule has 0 aliphatic carbocycles. The van der Waals surface area contributed by atoms with E-state index in [1.807, 2.05) is 0 Å². The minimum absolute atomic E-state index is 0.0417. The van der Waals surface area contributed by atoms with Gasteiger partial charge < -0.3 is 9.47 Å². The quantitative estimate of drug-likeness (QED) is 0.674. The lowest BCUT2D eigenvalue weighted by molar-refractivity contribution is -0.275. The molecule has 0 aliphatic heterocycles. The molecule has 1 rings (SSSR count). The van der Waals surface area contributed by atoms with E-state index in [1.165, 1.54) is 12.1 Å². The molecule has 0 aliphatic rings. The fourth-order valence-corrected chi connectivity index (χ4v) is 1.44. The summed E-state index contributed by atoms with van der Waals surface area (Å²) in [4.78, 5) is 11.3. The molecule has 0 heterocycles. The maximum Gasteiger partial charge on any atom is 0.573 e. The van der Waals surface area contributed by atoms with Crippen molar-refractivity contribution < 1.29 is 27.4 Å². The highest BCUT2D eigenvalue weighted by Gasteiger charge is 2.32. The molecule has 17 heavy (non-hydrogen) atoms. The van der Waals surface area contributed by atoms with Crippen molar-refractivity contribution in [2.24, 2.45) is 0 Å². The summed E-state index contributed by atoms with van der Waals surface area (Å²) in [5.74, 6) is -1.12. The normalized spacial score (nSPS) is 11.1. The minimum atomic E-state index is -4.81. The number of ether oxygens (including phenoxy) is 2. The maximum absolute atomic E-state index is 12.1. The highest BCUT2D eigenvalue weighted by atomic mass is 32.1. The first-order valence-electron chi connectivity index (χ1n) is 4.47. The molecule has 0 amide bonds. The molecule has 0 fully saturated rings. The van der Waals surface area contributed by atoms with Crippen LogP contribution in [0.25, 0.3) is 0 Å². The Balaban J connectivity index is 3.04. The molecule has 3 nitrogen and oxygen atoms in total. The second-order valence-corrected chi connectivity index (χ2v) is 3.54. The van der Waals surface area contributed by atoms with Crippen LogP contribution in [0.4, 0.5) is 13.2 Å². The molecular weight excluding hydrogens is 257 g/mol. The Bertz CT molecular complexity index is 418. The van der Waals surface area contributed by atoms with E-state index in [0.29, 0.717) is 0 Å². The molecule has 94 valence electrons. The van der Waals surface area contributed by atoms with Gasteiger partial charge in [-0.25, -0.2) is 0 Å². The van der Waals surface area contributed by atoms with Crippen LogP contribution in [0, 0.1) is 0 Å². The lowest BCUT2D eigenvalue weighted by atomic mass is 10.1. The van der Waals surface area contributed by atoms with Crippen LogP contribution >= 0.6 is 12.6 Å². The number of carbonyl (C=O) groups is 1. The molecule has 7 heteroatoms. The molecule has 0 N–H and O–H groups in total. The van der Waals surface area contributed by atoms with Crippen LogP contribution in [-0.2, 0) is 16.0 Å². The van der Waals surface area contributed by atoms with E-state index >= 15 is 0 Å². The van der Waals surface area contributed by atoms with Crippen molar-refractivity contribution in [2.75, 3.05) is 7.11 Å². The van der Waals surface area contributed by atoms with Crippen molar-refractivity contribution in [3.8, 4) is 5.75 Å². The molecule has 1 aromatic carbocycles. The molecule has 0 atom stereocenters. The Morgan fingerprint density at radius 1 is 1.41 bits per heavy atom. The lowest BCUT2D eigenvalue weighted by Gasteiger charge is -2.14. The van der Waals surface area contributed by atoms with Gasteiger partial charge in [0.15, 0.2) is 0 Å². The van der Waals surface area contributed by atoms with Gasteiger partial charge in [0.05, 0.1) is 13.5 Å². The van der Waals surface area contributed by atoms with E-state index in [2.05, 4.69) is 22.1 Å². The smallest absolute Gasteiger partial charge is 0.469 e. The first-order chi connectivity index (χ1) is 7.83. The van der Waals surface area contributed by atoms with Crippen LogP contribution in [0.2, 0.25) is 0 Å². The van der Waals surface area contributed by atoms with Crippen LogP contribution in [-0.4, -0.2) is 19.4 Å². The number of carbonyl (C=O) groups excluding carboxylic acids is 1. The Kier molecular flexibility index (Phi) is 4.28. The van der Waals surface area contributed by atoms with Gasteiger partial charge in [-0.15, -0.1) is 25.8 Å². The predicted octanol–water partition coefficient (Wildman–Crippen LogP) is 2.59. The molecular formula is C10H9F3O3S. The van der Waals surface area contributed by atoms with Gasteiger partial charge in [0, 0.05) is 10.5 Å². The van der Waals surface area contributed by atoms with Gasteiger partial charge in [0.25, 0.3) is 0 Å². The standard InChI is InChI=1S/C10H9F3O3S/c1-15-9(14)5-6-7(16-10(11,12)13)3-2-4-8(6)17/h2-4,17H,5H2,1H3. The number of esters is 1. The first kappa shape index (κ1) is 13.7. The van der Waals surface area contributed by atoms with Crippen molar-refractivity contribution in [2.45, 2.75) is 17.7 Å². The van der Waals surface area contributed by atoms with Gasteiger partial charge in [0.1, 0.15) is 5.75 Å². The van der Waals surface area contributed by atoms with E-state index in [0.717, 1.165) is 13.2 Å². The number of hydrogen-bond acceptors (Lipinski definition) is 4. The van der Waals surface area contributed by atoms with E-state index in [1.54, 1.807) is 0 Å². The summed E-state index contributed by atoms with van der Waals surface area (Å²) in [6.07, 6.45) is -5.14. The van der Waals surface area contributed by atoms with Gasteiger partial charge >= 0.3 is 12.3 Å². The molecule has 0 radical (unpaired) electrons. The number of benzene rings is 1. The van der Waals surface area contributed by atoms with Crippen LogP contribution in [0.3, 0.4) is 0 Å². The van der Waals surface area contributed by atoms with Crippen LogP contribution in [0.1, 0.15) is 5.56 Å². The zero-order valence-electron chi connectivity index (χ0n) is 8.75. The van der Waals surface area contributed by atoms with Gasteiger partial charge in [0.2, 0.25) is 0 Å². The van der Waals surface area contributed by atoms with Crippen LogP contribution in [0.15, 0.2) is 23.1 Å². The fraction of sp³-hybridized carbons (Fsp3) is 0.300. The summed E-state index contributed by atoms with van der Waals surface area (Å²) in [5.41, 5.74) is 0.0417. The molecule has 0 bridgehead atoms. The summed E-state index contributed by atoms with van der Waals surface area (Å²) in [5, 5.41) is 0. The minimum Gasteiger partial charge on any atom is -0.469 e. The van der Waals surface area contributed by atoms with Gasteiger partial charge in [-0.2, -0.15) is 0 Å². The molecule has 0 saturated heterocycles. The van der Waals surface area contributed by atoms with Crippen molar-refractivity contribution in [3.05, 3.63) is 23.8 Å². The topological polar surface area (TPSA) is 35.5 Å². The number of methoxy groups -OCH3 is 1. The molecule has 0 unspecified atom stereocenters. The second-order valence-electron chi connectivity index (χ2n) is 3.05. The van der Waals surface area contributed by atoms with E-state index in [9.17, 15) is 18.0 Å². The summed E-state index contributed by atoms with van der Waals surface area (Å²) in [7, 11) is 1.15. The molecule has 0 aromatic heterocycles. The highest BCUT2D eigenvalue weighted by molar-refractivity contribution is 7.80. The molecule has 1 aromatic rings. The Morgan fingerprint density at radius 3 is 2.59 bits per heavy atom.